The molecule has 2 unspecified atom stereocenters. The summed E-state index contributed by atoms with van der Waals surface area (Å²) in [6.07, 6.45) is 3.38. The van der Waals surface area contributed by atoms with Crippen molar-refractivity contribution >= 4 is 21.8 Å². The van der Waals surface area contributed by atoms with Gasteiger partial charge in [0.05, 0.1) is 5.56 Å². The molecule has 1 saturated carbocycles. The van der Waals surface area contributed by atoms with Gasteiger partial charge < -0.3 is 5.32 Å². The van der Waals surface area contributed by atoms with Crippen LogP contribution in [0.25, 0.3) is 0 Å². The van der Waals surface area contributed by atoms with Crippen LogP contribution in [0.4, 0.5) is 8.78 Å². The molecule has 0 heterocycles. The average molecular weight is 332 g/mol. The lowest BCUT2D eigenvalue weighted by Gasteiger charge is -2.17. The first-order valence-electron chi connectivity index (χ1n) is 6.41. The van der Waals surface area contributed by atoms with E-state index in [1.54, 1.807) is 0 Å². The lowest BCUT2D eigenvalue weighted by molar-refractivity contribution is 0.0940. The second-order valence-corrected chi connectivity index (χ2v) is 5.59. The van der Waals surface area contributed by atoms with Crippen LogP contribution in [0.5, 0.6) is 0 Å². The lowest BCUT2D eigenvalue weighted by atomic mass is 9.98. The van der Waals surface area contributed by atoms with Crippen molar-refractivity contribution in [3.8, 4) is 0 Å². The van der Waals surface area contributed by atoms with Gasteiger partial charge in [-0.25, -0.2) is 8.78 Å². The molecular weight excluding hydrogens is 316 g/mol. The Morgan fingerprint density at radius 2 is 2.05 bits per heavy atom. The molecule has 1 aromatic carbocycles. The number of halogens is 3. The summed E-state index contributed by atoms with van der Waals surface area (Å²) in [5, 5.41) is 3.63. The Balaban J connectivity index is 1.96. The van der Waals surface area contributed by atoms with Gasteiger partial charge in [-0.15, -0.1) is 0 Å². The molecule has 0 spiro atoms. The minimum Gasteiger partial charge on any atom is -0.352 e. The summed E-state index contributed by atoms with van der Waals surface area (Å²) in [7, 11) is 0. The lowest BCUT2D eigenvalue weighted by Crippen LogP contribution is -2.31. The van der Waals surface area contributed by atoms with E-state index in [2.05, 4.69) is 21.2 Å². The van der Waals surface area contributed by atoms with Crippen molar-refractivity contribution in [1.29, 1.82) is 0 Å². The highest BCUT2D eigenvalue weighted by molar-refractivity contribution is 9.09. The predicted octanol–water partition coefficient (Wildman–Crippen LogP) is 3.51. The van der Waals surface area contributed by atoms with E-state index >= 15 is 0 Å². The van der Waals surface area contributed by atoms with E-state index in [4.69, 9.17) is 0 Å². The number of rotatable bonds is 4. The van der Waals surface area contributed by atoms with E-state index < -0.39 is 17.5 Å². The van der Waals surface area contributed by atoms with Gasteiger partial charge in [-0.05, 0) is 42.9 Å². The zero-order valence-electron chi connectivity index (χ0n) is 10.5. The van der Waals surface area contributed by atoms with Crippen molar-refractivity contribution in [2.75, 3.05) is 11.9 Å². The van der Waals surface area contributed by atoms with Crippen LogP contribution in [-0.2, 0) is 0 Å². The highest BCUT2D eigenvalue weighted by Gasteiger charge is 2.26. The number of hydrogen-bond acceptors (Lipinski definition) is 1. The topological polar surface area (TPSA) is 29.1 Å². The Hall–Kier alpha value is -0.970. The Labute approximate surface area is 119 Å². The minimum absolute atomic E-state index is 0.228. The second-order valence-electron chi connectivity index (χ2n) is 4.94. The van der Waals surface area contributed by atoms with Crippen LogP contribution < -0.4 is 5.32 Å². The zero-order chi connectivity index (χ0) is 13.8. The molecule has 5 heteroatoms. The molecule has 1 N–H and O–H groups in total. The van der Waals surface area contributed by atoms with Crippen molar-refractivity contribution in [1.82, 2.24) is 5.32 Å². The van der Waals surface area contributed by atoms with Gasteiger partial charge in [-0.3, -0.25) is 4.79 Å². The maximum Gasteiger partial charge on any atom is 0.254 e. The summed E-state index contributed by atoms with van der Waals surface area (Å²) in [6, 6.07) is 2.91. The average Bonchev–Trinajstić information content (AvgIpc) is 2.86. The monoisotopic (exact) mass is 331 g/mol. The smallest absolute Gasteiger partial charge is 0.254 e. The quantitative estimate of drug-likeness (QED) is 0.840. The van der Waals surface area contributed by atoms with Gasteiger partial charge in [-0.2, -0.15) is 0 Å². The molecule has 2 atom stereocenters. The first-order chi connectivity index (χ1) is 9.11. The van der Waals surface area contributed by atoms with Crippen molar-refractivity contribution in [2.45, 2.75) is 19.3 Å². The summed E-state index contributed by atoms with van der Waals surface area (Å²) < 4.78 is 26.4. The molecule has 0 saturated heterocycles. The maximum atomic E-state index is 13.4. The molecule has 0 aromatic heterocycles. The van der Waals surface area contributed by atoms with Crippen molar-refractivity contribution < 1.29 is 13.6 Å². The Morgan fingerprint density at radius 3 is 2.79 bits per heavy atom. The standard InChI is InChI=1S/C14H16BrF2NO/c15-7-9-2-1-3-10(9)8-18-14(19)12-6-11(16)4-5-13(12)17/h4-6,9-10H,1-3,7-8H2,(H,18,19). The van der Waals surface area contributed by atoms with Gasteiger partial charge in [0.25, 0.3) is 5.91 Å². The molecule has 1 fully saturated rings. The van der Waals surface area contributed by atoms with Gasteiger partial charge in [0, 0.05) is 11.9 Å². The van der Waals surface area contributed by atoms with Crippen molar-refractivity contribution in [2.24, 2.45) is 11.8 Å². The van der Waals surface area contributed by atoms with E-state index in [9.17, 15) is 13.6 Å². The third-order valence-corrected chi connectivity index (χ3v) is 4.54. The van der Waals surface area contributed by atoms with Crippen LogP contribution in [0, 0.1) is 23.5 Å². The molecule has 1 aliphatic rings. The number of nitrogens with one attached hydrogen (secondary N) is 1. The van der Waals surface area contributed by atoms with Crippen molar-refractivity contribution in [3.63, 3.8) is 0 Å². The third-order valence-electron chi connectivity index (χ3n) is 3.71. The number of hydrogen-bond donors (Lipinski definition) is 1. The Kier molecular flexibility index (Phi) is 4.91. The van der Waals surface area contributed by atoms with Crippen LogP contribution in [0.2, 0.25) is 0 Å². The zero-order valence-corrected chi connectivity index (χ0v) is 12.1. The van der Waals surface area contributed by atoms with Gasteiger partial charge in [0.2, 0.25) is 0 Å². The second kappa shape index (κ2) is 6.46. The minimum atomic E-state index is -0.692. The summed E-state index contributed by atoms with van der Waals surface area (Å²) in [5.41, 5.74) is -0.228. The molecule has 1 amide bonds. The fraction of sp³-hybridized carbons (Fsp3) is 0.500. The number of carbonyl (C=O) groups excluding carboxylic acids is 1. The molecule has 0 radical (unpaired) electrons. The van der Waals surface area contributed by atoms with Crippen LogP contribution in [0.1, 0.15) is 29.6 Å². The van der Waals surface area contributed by atoms with Gasteiger partial charge in [-0.1, -0.05) is 22.4 Å². The van der Waals surface area contributed by atoms with Gasteiger partial charge >= 0.3 is 0 Å². The van der Waals surface area contributed by atoms with Crippen LogP contribution >= 0.6 is 15.9 Å². The molecule has 1 aromatic rings. The fourth-order valence-corrected chi connectivity index (χ4v) is 3.43. The summed E-state index contributed by atoms with van der Waals surface area (Å²) in [6.45, 7) is 0.519. The molecule has 2 nitrogen and oxygen atoms in total. The van der Waals surface area contributed by atoms with E-state index in [1.807, 2.05) is 0 Å². The molecule has 19 heavy (non-hydrogen) atoms. The van der Waals surface area contributed by atoms with Crippen LogP contribution in [0.3, 0.4) is 0 Å². The first-order valence-corrected chi connectivity index (χ1v) is 7.53. The van der Waals surface area contributed by atoms with Gasteiger partial charge in [0.15, 0.2) is 0 Å². The van der Waals surface area contributed by atoms with E-state index in [-0.39, 0.29) is 5.56 Å². The fourth-order valence-electron chi connectivity index (χ4n) is 2.58. The maximum absolute atomic E-state index is 13.4. The summed E-state index contributed by atoms with van der Waals surface area (Å²) in [4.78, 5) is 11.8. The van der Waals surface area contributed by atoms with Crippen LogP contribution in [0.15, 0.2) is 18.2 Å². The summed E-state index contributed by atoms with van der Waals surface area (Å²) in [5.74, 6) is -0.872. The van der Waals surface area contributed by atoms with E-state index in [1.165, 1.54) is 0 Å². The van der Waals surface area contributed by atoms with Crippen LogP contribution in [-0.4, -0.2) is 17.8 Å². The molecule has 0 bridgehead atoms. The van der Waals surface area contributed by atoms with E-state index in [0.29, 0.717) is 18.4 Å². The van der Waals surface area contributed by atoms with E-state index in [0.717, 1.165) is 42.8 Å². The largest absolute Gasteiger partial charge is 0.352 e. The third kappa shape index (κ3) is 3.53. The number of amides is 1. The Bertz CT molecular complexity index is 467. The number of benzene rings is 1. The number of carbonyl (C=O) groups is 1. The molecular formula is C14H16BrF2NO. The summed E-state index contributed by atoms with van der Waals surface area (Å²) >= 11 is 3.47. The highest BCUT2D eigenvalue weighted by Crippen LogP contribution is 2.32. The van der Waals surface area contributed by atoms with Gasteiger partial charge in [0.1, 0.15) is 11.6 Å². The predicted molar refractivity (Wildman–Crippen MR) is 73.3 cm³/mol. The first kappa shape index (κ1) is 14.4. The molecule has 1 aliphatic carbocycles. The normalized spacial score (nSPS) is 22.5. The molecule has 2 rings (SSSR count). The Morgan fingerprint density at radius 1 is 1.32 bits per heavy atom. The molecule has 104 valence electrons. The SMILES string of the molecule is O=C(NCC1CCCC1CBr)c1cc(F)ccc1F. The van der Waals surface area contributed by atoms with Crippen molar-refractivity contribution in [3.05, 3.63) is 35.4 Å². The highest BCUT2D eigenvalue weighted by atomic mass is 79.9. The number of alkyl halides is 1. The molecule has 0 aliphatic heterocycles.